The molecule has 0 spiro atoms. The van der Waals surface area contributed by atoms with Crippen molar-refractivity contribution in [2.24, 2.45) is 0 Å². The maximum Gasteiger partial charge on any atom is 0.337 e. The number of aryl methyl sites for hydroxylation is 1. The molecule has 3 rings (SSSR count). The molecule has 1 aliphatic rings. The largest absolute Gasteiger partial charge is 0.465 e. The van der Waals surface area contributed by atoms with Gasteiger partial charge >= 0.3 is 5.97 Å². The van der Waals surface area contributed by atoms with Crippen LogP contribution in [-0.2, 0) is 9.53 Å². The Balaban J connectivity index is 1.69. The number of carbonyl (C=O) groups is 3. The topological polar surface area (TPSA) is 75.7 Å². The molecule has 2 aromatic rings. The first-order chi connectivity index (χ1) is 13.0. The van der Waals surface area contributed by atoms with E-state index in [4.69, 9.17) is 0 Å². The summed E-state index contributed by atoms with van der Waals surface area (Å²) in [7, 11) is 1.32. The van der Waals surface area contributed by atoms with Crippen molar-refractivity contribution in [2.45, 2.75) is 6.92 Å². The van der Waals surface area contributed by atoms with Crippen LogP contribution in [0.1, 0.15) is 21.5 Å². The zero-order valence-corrected chi connectivity index (χ0v) is 15.7. The van der Waals surface area contributed by atoms with Crippen molar-refractivity contribution in [3.05, 3.63) is 70.1 Å². The van der Waals surface area contributed by atoms with Crippen molar-refractivity contribution in [1.29, 1.82) is 0 Å². The number of rotatable bonds is 5. The Morgan fingerprint density at radius 1 is 1.19 bits per heavy atom. The van der Waals surface area contributed by atoms with Crippen molar-refractivity contribution in [1.82, 2.24) is 4.90 Å². The standard InChI is InChI=1S/C20H18N2O4S/c1-13-4-3-5-16(10-13)21-12-22-18(23)17(27-20(22)25)11-14-6-8-15(9-7-14)19(24)26-2/h3-11,21H,12H2,1-2H3/b17-11-. The highest BCUT2D eigenvalue weighted by Crippen LogP contribution is 2.32. The van der Waals surface area contributed by atoms with Crippen LogP contribution in [0, 0.1) is 6.92 Å². The van der Waals surface area contributed by atoms with Crippen LogP contribution in [-0.4, -0.2) is 35.8 Å². The molecule has 0 bridgehead atoms. The summed E-state index contributed by atoms with van der Waals surface area (Å²) in [6, 6.07) is 14.3. The van der Waals surface area contributed by atoms with E-state index in [-0.39, 0.29) is 17.8 Å². The van der Waals surface area contributed by atoms with Gasteiger partial charge in [0.2, 0.25) is 0 Å². The average Bonchev–Trinajstić information content (AvgIpc) is 2.93. The SMILES string of the molecule is COC(=O)c1ccc(/C=C2\SC(=O)N(CNc3cccc(C)c3)C2=O)cc1. The Morgan fingerprint density at radius 2 is 1.93 bits per heavy atom. The number of hydrogen-bond acceptors (Lipinski definition) is 6. The summed E-state index contributed by atoms with van der Waals surface area (Å²) in [5.41, 5.74) is 3.07. The van der Waals surface area contributed by atoms with E-state index in [1.54, 1.807) is 30.3 Å². The first-order valence-corrected chi connectivity index (χ1v) is 9.04. The molecule has 7 heteroatoms. The second-order valence-electron chi connectivity index (χ2n) is 5.93. The number of carbonyl (C=O) groups excluding carboxylic acids is 3. The molecule has 138 valence electrons. The second kappa shape index (κ2) is 8.09. The Morgan fingerprint density at radius 3 is 2.59 bits per heavy atom. The molecule has 1 aliphatic heterocycles. The average molecular weight is 382 g/mol. The third kappa shape index (κ3) is 4.38. The molecule has 1 saturated heterocycles. The molecule has 2 aromatic carbocycles. The summed E-state index contributed by atoms with van der Waals surface area (Å²) in [6.45, 7) is 2.08. The van der Waals surface area contributed by atoms with Gasteiger partial charge in [-0.3, -0.25) is 14.5 Å². The Bertz CT molecular complexity index is 922. The highest BCUT2D eigenvalue weighted by atomic mass is 32.2. The number of ether oxygens (including phenoxy) is 1. The molecule has 0 saturated carbocycles. The third-order valence-electron chi connectivity index (χ3n) is 3.96. The number of benzene rings is 2. The molecule has 1 fully saturated rings. The van der Waals surface area contributed by atoms with Crippen LogP contribution in [0.25, 0.3) is 6.08 Å². The van der Waals surface area contributed by atoms with Gasteiger partial charge in [-0.15, -0.1) is 0 Å². The summed E-state index contributed by atoms with van der Waals surface area (Å²) in [5.74, 6) is -0.772. The van der Waals surface area contributed by atoms with Crippen LogP contribution < -0.4 is 5.32 Å². The lowest BCUT2D eigenvalue weighted by Crippen LogP contribution is -2.33. The molecule has 0 radical (unpaired) electrons. The molecule has 0 aromatic heterocycles. The maximum absolute atomic E-state index is 12.5. The summed E-state index contributed by atoms with van der Waals surface area (Å²) in [5, 5.41) is 2.77. The molecule has 1 N–H and O–H groups in total. The van der Waals surface area contributed by atoms with Gasteiger partial charge in [-0.1, -0.05) is 24.3 Å². The van der Waals surface area contributed by atoms with Crippen molar-refractivity contribution < 1.29 is 19.1 Å². The van der Waals surface area contributed by atoms with E-state index in [0.717, 1.165) is 28.6 Å². The van der Waals surface area contributed by atoms with Gasteiger partial charge in [-0.25, -0.2) is 4.79 Å². The van der Waals surface area contributed by atoms with Crippen molar-refractivity contribution in [2.75, 3.05) is 19.1 Å². The quantitative estimate of drug-likeness (QED) is 0.625. The van der Waals surface area contributed by atoms with Crippen LogP contribution in [0.15, 0.2) is 53.4 Å². The Hall–Kier alpha value is -3.06. The molecule has 2 amide bonds. The number of nitrogens with one attached hydrogen (secondary N) is 1. The van der Waals surface area contributed by atoms with Gasteiger partial charge in [-0.05, 0) is 60.2 Å². The van der Waals surface area contributed by atoms with Gasteiger partial charge in [0.1, 0.15) is 0 Å². The minimum Gasteiger partial charge on any atom is -0.465 e. The van der Waals surface area contributed by atoms with Crippen molar-refractivity contribution in [3.63, 3.8) is 0 Å². The smallest absolute Gasteiger partial charge is 0.337 e. The normalized spacial score (nSPS) is 15.3. The molecule has 27 heavy (non-hydrogen) atoms. The first kappa shape index (κ1) is 18.7. The van der Waals surface area contributed by atoms with Crippen molar-refractivity contribution >= 4 is 40.6 Å². The minimum atomic E-state index is -0.427. The fraction of sp³-hybridized carbons (Fsp3) is 0.150. The fourth-order valence-electron chi connectivity index (χ4n) is 2.55. The van der Waals surface area contributed by atoms with E-state index in [1.165, 1.54) is 12.0 Å². The monoisotopic (exact) mass is 382 g/mol. The van der Waals surface area contributed by atoms with E-state index < -0.39 is 5.97 Å². The lowest BCUT2D eigenvalue weighted by atomic mass is 10.1. The number of esters is 1. The Kier molecular flexibility index (Phi) is 5.61. The molecule has 0 atom stereocenters. The summed E-state index contributed by atoms with van der Waals surface area (Å²) in [4.78, 5) is 37.7. The van der Waals surface area contributed by atoms with Crippen LogP contribution in [0.2, 0.25) is 0 Å². The summed E-state index contributed by atoms with van der Waals surface area (Å²) in [6.07, 6.45) is 1.64. The van der Waals surface area contributed by atoms with E-state index in [9.17, 15) is 14.4 Å². The summed E-state index contributed by atoms with van der Waals surface area (Å²) < 4.78 is 4.65. The first-order valence-electron chi connectivity index (χ1n) is 8.22. The number of amides is 2. The van der Waals surface area contributed by atoms with Crippen LogP contribution >= 0.6 is 11.8 Å². The zero-order valence-electron chi connectivity index (χ0n) is 14.9. The second-order valence-corrected chi connectivity index (χ2v) is 6.92. The van der Waals surface area contributed by atoms with Gasteiger partial charge in [0.05, 0.1) is 24.2 Å². The van der Waals surface area contributed by atoms with Gasteiger partial charge in [0.25, 0.3) is 11.1 Å². The summed E-state index contributed by atoms with van der Waals surface area (Å²) >= 11 is 0.897. The van der Waals surface area contributed by atoms with E-state index in [0.29, 0.717) is 10.5 Å². The van der Waals surface area contributed by atoms with E-state index >= 15 is 0 Å². The fourth-order valence-corrected chi connectivity index (χ4v) is 3.38. The molecular weight excluding hydrogens is 364 g/mol. The van der Waals surface area contributed by atoms with Crippen LogP contribution in [0.5, 0.6) is 0 Å². The van der Waals surface area contributed by atoms with Gasteiger partial charge in [0.15, 0.2) is 0 Å². The minimum absolute atomic E-state index is 0.104. The number of hydrogen-bond donors (Lipinski definition) is 1. The maximum atomic E-state index is 12.5. The van der Waals surface area contributed by atoms with Crippen molar-refractivity contribution in [3.8, 4) is 0 Å². The predicted molar refractivity (Wildman–Crippen MR) is 105 cm³/mol. The Labute approximate surface area is 161 Å². The molecule has 6 nitrogen and oxygen atoms in total. The third-order valence-corrected chi connectivity index (χ3v) is 4.87. The molecule has 0 unspecified atom stereocenters. The van der Waals surface area contributed by atoms with Crippen LogP contribution in [0.3, 0.4) is 0 Å². The molecule has 1 heterocycles. The predicted octanol–water partition coefficient (Wildman–Crippen LogP) is 3.89. The van der Waals surface area contributed by atoms with E-state index in [1.807, 2.05) is 31.2 Å². The van der Waals surface area contributed by atoms with Crippen LogP contribution in [0.4, 0.5) is 10.5 Å². The molecular formula is C20H18N2O4S. The lowest BCUT2D eigenvalue weighted by Gasteiger charge is -2.14. The zero-order chi connectivity index (χ0) is 19.4. The number of thioether (sulfide) groups is 1. The lowest BCUT2D eigenvalue weighted by molar-refractivity contribution is -0.122. The van der Waals surface area contributed by atoms with E-state index in [2.05, 4.69) is 10.1 Å². The van der Waals surface area contributed by atoms with Gasteiger partial charge in [-0.2, -0.15) is 0 Å². The number of nitrogens with zero attached hydrogens (tertiary/aromatic N) is 1. The molecule has 0 aliphatic carbocycles. The van der Waals surface area contributed by atoms with Gasteiger partial charge < -0.3 is 10.1 Å². The van der Waals surface area contributed by atoms with Gasteiger partial charge in [0, 0.05) is 5.69 Å². The number of anilines is 1. The highest BCUT2D eigenvalue weighted by molar-refractivity contribution is 8.18. The number of imide groups is 1. The number of methoxy groups -OCH3 is 1. The highest BCUT2D eigenvalue weighted by Gasteiger charge is 2.34.